The molecule has 0 aromatic heterocycles. The summed E-state index contributed by atoms with van der Waals surface area (Å²) in [5.41, 5.74) is 8.35. The molecule has 0 amide bonds. The number of hydrogen-bond acceptors (Lipinski definition) is 16. The summed E-state index contributed by atoms with van der Waals surface area (Å²) in [6, 6.07) is 7.63. The van der Waals surface area contributed by atoms with Crippen LogP contribution in [0, 0.1) is 0 Å². The molecule has 2 aliphatic rings. The second-order valence-electron chi connectivity index (χ2n) is 10.1. The van der Waals surface area contributed by atoms with Crippen molar-refractivity contribution in [3.05, 3.63) is 40.8 Å². The van der Waals surface area contributed by atoms with Crippen molar-refractivity contribution in [3.8, 4) is 0 Å². The van der Waals surface area contributed by atoms with E-state index in [-0.39, 0.29) is 0 Å². The zero-order valence-corrected chi connectivity index (χ0v) is 26.4. The quantitative estimate of drug-likeness (QED) is 0.109. The van der Waals surface area contributed by atoms with Crippen LogP contribution in [0.25, 0.3) is 10.4 Å². The van der Waals surface area contributed by atoms with Gasteiger partial charge in [-0.2, -0.15) is 0 Å². The molecular weight excluding hydrogens is 634 g/mol. The molecule has 0 spiro atoms. The fourth-order valence-electron chi connectivity index (χ4n) is 4.77. The van der Waals surface area contributed by atoms with E-state index in [1.807, 2.05) is 0 Å². The molecule has 46 heavy (non-hydrogen) atoms. The summed E-state index contributed by atoms with van der Waals surface area (Å²) in [4.78, 5) is 63.4. The number of carbonyl (C=O) groups excluding carboxylic acids is 5. The van der Waals surface area contributed by atoms with Gasteiger partial charge in [0.1, 0.15) is 43.0 Å². The molecule has 1 N–H and O–H groups in total. The molecule has 0 radical (unpaired) electrons. The molecule has 2 heterocycles. The Balaban J connectivity index is 2.04. The van der Waals surface area contributed by atoms with Crippen molar-refractivity contribution in [3.63, 3.8) is 0 Å². The average molecular weight is 670 g/mol. The van der Waals surface area contributed by atoms with E-state index < -0.39 is 104 Å². The minimum absolute atomic E-state index is 0.433. The first-order valence-electron chi connectivity index (χ1n) is 14.0. The normalized spacial score (nSPS) is 30.6. The summed E-state index contributed by atoms with van der Waals surface area (Å²) in [5, 5.41) is 15.3. The summed E-state index contributed by atoms with van der Waals surface area (Å²) in [6.45, 7) is 4.52. The lowest BCUT2D eigenvalue weighted by molar-refractivity contribution is -0.336. The van der Waals surface area contributed by atoms with E-state index in [1.165, 1.54) is 0 Å². The Kier molecular flexibility index (Phi) is 13.6. The SMILES string of the molecule is CC(=O)OC[C@H]1O[C@@H](O[C@H]2[C@H](O)[C@@H](N=[N+]=[N-])[C@@H](Sc3ccccc3)O[C@@H]2COC(C)=O)[C@H](OC(C)=O)[C@@H](OC(C)=O)[C@H]1OC(C)=O. The van der Waals surface area contributed by atoms with Crippen LogP contribution in [0.4, 0.5) is 0 Å². The van der Waals surface area contributed by atoms with Gasteiger partial charge in [-0.1, -0.05) is 35.1 Å². The van der Waals surface area contributed by atoms with Crippen LogP contribution >= 0.6 is 11.8 Å². The average Bonchev–Trinajstić information content (AvgIpc) is 2.97. The third-order valence-electron chi connectivity index (χ3n) is 6.51. The first-order chi connectivity index (χ1) is 21.8. The van der Waals surface area contributed by atoms with Gasteiger partial charge < -0.3 is 43.0 Å². The molecule has 18 heteroatoms. The van der Waals surface area contributed by atoms with E-state index in [2.05, 4.69) is 10.0 Å². The van der Waals surface area contributed by atoms with Crippen molar-refractivity contribution >= 4 is 41.6 Å². The number of nitrogens with zero attached hydrogens (tertiary/aromatic N) is 3. The Bertz CT molecular complexity index is 1300. The summed E-state index contributed by atoms with van der Waals surface area (Å²) in [7, 11) is 0. The highest BCUT2D eigenvalue weighted by Gasteiger charge is 2.55. The maximum atomic E-state index is 12.2. The van der Waals surface area contributed by atoms with Crippen LogP contribution in [-0.2, 0) is 61.9 Å². The highest BCUT2D eigenvalue weighted by atomic mass is 32.2. The van der Waals surface area contributed by atoms with Gasteiger partial charge in [0, 0.05) is 44.4 Å². The van der Waals surface area contributed by atoms with E-state index in [9.17, 15) is 34.6 Å². The summed E-state index contributed by atoms with van der Waals surface area (Å²) in [5.74, 6) is -3.94. The van der Waals surface area contributed by atoms with Crippen molar-refractivity contribution in [1.82, 2.24) is 0 Å². The molecule has 1 aromatic rings. The predicted octanol–water partition coefficient (Wildman–Crippen LogP) is 1.57. The Morgan fingerprint density at radius 2 is 1.30 bits per heavy atom. The van der Waals surface area contributed by atoms with E-state index >= 15 is 0 Å². The molecule has 17 nitrogen and oxygen atoms in total. The Hall–Kier alpha value is -3.93. The number of esters is 5. The fraction of sp³-hybridized carbons (Fsp3) is 0.607. The van der Waals surface area contributed by atoms with Gasteiger partial charge in [-0.3, -0.25) is 24.0 Å². The van der Waals surface area contributed by atoms with Crippen LogP contribution in [0.1, 0.15) is 34.6 Å². The molecule has 2 aliphatic heterocycles. The molecule has 10 atom stereocenters. The largest absolute Gasteiger partial charge is 0.463 e. The van der Waals surface area contributed by atoms with Crippen molar-refractivity contribution < 1.29 is 67.0 Å². The van der Waals surface area contributed by atoms with E-state index in [0.29, 0.717) is 4.90 Å². The third-order valence-corrected chi connectivity index (χ3v) is 7.68. The predicted molar refractivity (Wildman–Crippen MR) is 153 cm³/mol. The molecule has 252 valence electrons. The van der Waals surface area contributed by atoms with Crippen LogP contribution in [0.3, 0.4) is 0 Å². The fourth-order valence-corrected chi connectivity index (χ4v) is 5.91. The third kappa shape index (κ3) is 10.3. The van der Waals surface area contributed by atoms with Gasteiger partial charge >= 0.3 is 29.8 Å². The first kappa shape index (κ1) is 36.5. The zero-order chi connectivity index (χ0) is 34.0. The van der Waals surface area contributed by atoms with Crippen molar-refractivity contribution in [1.29, 1.82) is 0 Å². The van der Waals surface area contributed by atoms with Crippen molar-refractivity contribution in [2.24, 2.45) is 5.11 Å². The van der Waals surface area contributed by atoms with Crippen LogP contribution in [0.2, 0.25) is 0 Å². The number of ether oxygens (including phenoxy) is 8. The van der Waals surface area contributed by atoms with E-state index in [1.54, 1.807) is 30.3 Å². The number of hydrogen-bond donors (Lipinski definition) is 1. The minimum Gasteiger partial charge on any atom is -0.463 e. The van der Waals surface area contributed by atoms with Gasteiger partial charge in [0.2, 0.25) is 0 Å². The lowest BCUT2D eigenvalue weighted by Crippen LogP contribution is -2.66. The number of benzene rings is 1. The smallest absolute Gasteiger partial charge is 0.303 e. The highest BCUT2D eigenvalue weighted by Crippen LogP contribution is 2.38. The van der Waals surface area contributed by atoms with Crippen LogP contribution in [0.15, 0.2) is 40.3 Å². The van der Waals surface area contributed by atoms with Crippen LogP contribution in [0.5, 0.6) is 0 Å². The minimum atomic E-state index is -1.70. The molecule has 0 aliphatic carbocycles. The molecular formula is C28H35N3O14S. The maximum Gasteiger partial charge on any atom is 0.303 e. The van der Waals surface area contributed by atoms with Crippen LogP contribution < -0.4 is 0 Å². The van der Waals surface area contributed by atoms with Crippen molar-refractivity contribution in [2.75, 3.05) is 13.2 Å². The van der Waals surface area contributed by atoms with Gasteiger partial charge in [0.25, 0.3) is 0 Å². The number of carbonyl (C=O) groups is 5. The van der Waals surface area contributed by atoms with Gasteiger partial charge in [-0.15, -0.1) is 0 Å². The van der Waals surface area contributed by atoms with Crippen LogP contribution in [-0.4, -0.2) is 109 Å². The maximum absolute atomic E-state index is 12.2. The monoisotopic (exact) mass is 669 g/mol. The number of thioether (sulfide) groups is 1. The lowest BCUT2D eigenvalue weighted by atomic mass is 9.96. The second kappa shape index (κ2) is 17.1. The topological polar surface area (TPSA) is 228 Å². The summed E-state index contributed by atoms with van der Waals surface area (Å²) in [6.07, 6.45) is -12.0. The molecule has 0 unspecified atom stereocenters. The summed E-state index contributed by atoms with van der Waals surface area (Å²) < 4.78 is 44.8. The summed E-state index contributed by atoms with van der Waals surface area (Å²) >= 11 is 1.14. The van der Waals surface area contributed by atoms with Crippen molar-refractivity contribution in [2.45, 2.75) is 100 Å². The Labute approximate surface area is 267 Å². The number of aliphatic hydroxyl groups excluding tert-OH is 1. The molecule has 0 saturated carbocycles. The second-order valence-corrected chi connectivity index (χ2v) is 11.3. The van der Waals surface area contributed by atoms with Gasteiger partial charge in [-0.25, -0.2) is 0 Å². The number of aliphatic hydroxyl groups is 1. The lowest BCUT2D eigenvalue weighted by Gasteiger charge is -2.48. The standard InChI is InChI=1S/C28H35N3O14S/c1-13(32)38-11-19-23(22(37)21(30-31-29)28(44-19)46-18-9-7-6-8-10-18)45-27-26(42-17(5)36)25(41-16(4)35)24(40-15(3)34)20(43-27)12-39-14(2)33/h6-10,19-28,37H,11-12H2,1-5H3/t19-,20-,21-,22-,23-,24+,25+,26-,27+,28-/m1/s1. The van der Waals surface area contributed by atoms with E-state index in [4.69, 9.17) is 37.9 Å². The molecule has 1 aromatic carbocycles. The van der Waals surface area contributed by atoms with Gasteiger partial charge in [0.05, 0.1) is 6.10 Å². The number of azide groups is 1. The van der Waals surface area contributed by atoms with Gasteiger partial charge in [0.15, 0.2) is 24.6 Å². The zero-order valence-electron chi connectivity index (χ0n) is 25.6. The first-order valence-corrected chi connectivity index (χ1v) is 14.9. The molecule has 0 bridgehead atoms. The van der Waals surface area contributed by atoms with Gasteiger partial charge in [-0.05, 0) is 17.7 Å². The number of rotatable bonds is 12. The molecule has 2 fully saturated rings. The molecule has 3 rings (SSSR count). The molecule has 2 saturated heterocycles. The Morgan fingerprint density at radius 1 is 0.783 bits per heavy atom. The highest BCUT2D eigenvalue weighted by molar-refractivity contribution is 7.99. The van der Waals surface area contributed by atoms with E-state index in [0.717, 1.165) is 46.4 Å². The Morgan fingerprint density at radius 3 is 1.83 bits per heavy atom.